The van der Waals surface area contributed by atoms with E-state index >= 15 is 0 Å². The lowest BCUT2D eigenvalue weighted by atomic mass is 10.1. The third-order valence-corrected chi connectivity index (χ3v) is 2.10. The Balaban J connectivity index is 4.20. The van der Waals surface area contributed by atoms with Gasteiger partial charge in [0.2, 0.25) is 0 Å². The first-order chi connectivity index (χ1) is 8.24. The number of ether oxygens (including phenoxy) is 2. The molecule has 0 aliphatic heterocycles. The van der Waals surface area contributed by atoms with E-state index in [0.29, 0.717) is 19.4 Å². The van der Waals surface area contributed by atoms with Gasteiger partial charge < -0.3 is 19.9 Å². The molecule has 0 saturated carbocycles. The zero-order valence-electron chi connectivity index (χ0n) is 11.5. The van der Waals surface area contributed by atoms with Crippen LogP contribution in [0, 0.1) is 0 Å². The second-order valence-corrected chi connectivity index (χ2v) is 5.06. The van der Waals surface area contributed by atoms with Crippen LogP contribution in [0.15, 0.2) is 0 Å². The number of rotatable bonds is 7. The maximum absolute atomic E-state index is 11.6. The Morgan fingerprint density at radius 3 is 2.33 bits per heavy atom. The van der Waals surface area contributed by atoms with Crippen LogP contribution in [0.5, 0.6) is 0 Å². The Kier molecular flexibility index (Phi) is 7.35. The lowest BCUT2D eigenvalue weighted by Crippen LogP contribution is -2.40. The number of alkyl carbamates (subject to hydrolysis) is 1. The summed E-state index contributed by atoms with van der Waals surface area (Å²) in [5, 5.41) is 11.3. The SMILES string of the molecule is COCCC(CCC(=O)O)NC(=O)OC(C)(C)C. The van der Waals surface area contributed by atoms with Crippen LogP contribution in [-0.2, 0) is 14.3 Å². The molecule has 0 aliphatic carbocycles. The van der Waals surface area contributed by atoms with E-state index in [0.717, 1.165) is 0 Å². The van der Waals surface area contributed by atoms with E-state index in [2.05, 4.69) is 5.32 Å². The monoisotopic (exact) mass is 261 g/mol. The molecule has 1 amide bonds. The highest BCUT2D eigenvalue weighted by Crippen LogP contribution is 2.09. The molecule has 6 nitrogen and oxygen atoms in total. The molecule has 0 bridgehead atoms. The molecular formula is C12H23NO5. The van der Waals surface area contributed by atoms with Gasteiger partial charge in [-0.15, -0.1) is 0 Å². The summed E-state index contributed by atoms with van der Waals surface area (Å²) in [4.78, 5) is 22.1. The van der Waals surface area contributed by atoms with Crippen molar-refractivity contribution in [3.8, 4) is 0 Å². The van der Waals surface area contributed by atoms with E-state index in [1.807, 2.05) is 0 Å². The number of carboxylic acid groups (broad SMARTS) is 1. The summed E-state index contributed by atoms with van der Waals surface area (Å²) in [7, 11) is 1.56. The van der Waals surface area contributed by atoms with Crippen molar-refractivity contribution in [1.82, 2.24) is 5.32 Å². The van der Waals surface area contributed by atoms with Gasteiger partial charge in [0.25, 0.3) is 0 Å². The molecular weight excluding hydrogens is 238 g/mol. The topological polar surface area (TPSA) is 84.9 Å². The van der Waals surface area contributed by atoms with Crippen molar-refractivity contribution in [3.05, 3.63) is 0 Å². The van der Waals surface area contributed by atoms with Crippen LogP contribution in [0.2, 0.25) is 0 Å². The number of carbonyl (C=O) groups is 2. The van der Waals surface area contributed by atoms with Crippen LogP contribution in [0.25, 0.3) is 0 Å². The second-order valence-electron chi connectivity index (χ2n) is 5.06. The van der Waals surface area contributed by atoms with Gasteiger partial charge in [-0.1, -0.05) is 0 Å². The highest BCUT2D eigenvalue weighted by atomic mass is 16.6. The minimum absolute atomic E-state index is 0.00415. The van der Waals surface area contributed by atoms with Crippen LogP contribution >= 0.6 is 0 Å². The van der Waals surface area contributed by atoms with Crippen LogP contribution < -0.4 is 5.32 Å². The Hall–Kier alpha value is -1.30. The molecule has 0 aromatic heterocycles. The van der Waals surface area contributed by atoms with Crippen LogP contribution in [0.4, 0.5) is 4.79 Å². The van der Waals surface area contributed by atoms with Gasteiger partial charge in [0.05, 0.1) is 0 Å². The van der Waals surface area contributed by atoms with E-state index in [9.17, 15) is 9.59 Å². The molecule has 6 heteroatoms. The first-order valence-electron chi connectivity index (χ1n) is 5.95. The van der Waals surface area contributed by atoms with E-state index in [1.54, 1.807) is 27.9 Å². The van der Waals surface area contributed by atoms with Gasteiger partial charge in [-0.2, -0.15) is 0 Å². The number of aliphatic carboxylic acids is 1. The van der Waals surface area contributed by atoms with Gasteiger partial charge in [0.15, 0.2) is 0 Å². The van der Waals surface area contributed by atoms with E-state index < -0.39 is 17.7 Å². The van der Waals surface area contributed by atoms with E-state index in [1.165, 1.54) is 0 Å². The van der Waals surface area contributed by atoms with Crippen molar-refractivity contribution < 1.29 is 24.2 Å². The quantitative estimate of drug-likeness (QED) is 0.729. The maximum atomic E-state index is 11.6. The number of carboxylic acids is 1. The first kappa shape index (κ1) is 16.7. The summed E-state index contributed by atoms with van der Waals surface area (Å²) >= 11 is 0. The van der Waals surface area contributed by atoms with Gasteiger partial charge in [-0.05, 0) is 33.6 Å². The molecule has 0 rings (SSSR count). The largest absolute Gasteiger partial charge is 0.481 e. The molecule has 1 atom stereocenters. The van der Waals surface area contributed by atoms with Crippen molar-refractivity contribution in [3.63, 3.8) is 0 Å². The highest BCUT2D eigenvalue weighted by molar-refractivity contribution is 5.69. The zero-order chi connectivity index (χ0) is 14.2. The zero-order valence-corrected chi connectivity index (χ0v) is 11.5. The van der Waals surface area contributed by atoms with Gasteiger partial charge >= 0.3 is 12.1 Å². The molecule has 0 aromatic rings. The molecule has 0 fully saturated rings. The minimum atomic E-state index is -0.886. The number of amides is 1. The molecule has 0 heterocycles. The van der Waals surface area contributed by atoms with Crippen molar-refractivity contribution in [2.24, 2.45) is 0 Å². The smallest absolute Gasteiger partial charge is 0.407 e. The summed E-state index contributed by atoms with van der Waals surface area (Å²) in [5.74, 6) is -0.886. The first-order valence-corrected chi connectivity index (χ1v) is 5.95. The Morgan fingerprint density at radius 2 is 1.89 bits per heavy atom. The van der Waals surface area contributed by atoms with Crippen LogP contribution in [-0.4, -0.2) is 42.5 Å². The van der Waals surface area contributed by atoms with Gasteiger partial charge in [0.1, 0.15) is 5.60 Å². The van der Waals surface area contributed by atoms with Crippen molar-refractivity contribution in [2.75, 3.05) is 13.7 Å². The summed E-state index contributed by atoms with van der Waals surface area (Å²) in [5.41, 5.74) is -0.567. The van der Waals surface area contributed by atoms with Gasteiger partial charge in [-0.25, -0.2) is 4.79 Å². The third kappa shape index (κ3) is 9.89. The Labute approximate surface area is 108 Å². The molecule has 1 unspecified atom stereocenters. The van der Waals surface area contributed by atoms with Crippen LogP contribution in [0.3, 0.4) is 0 Å². The molecule has 106 valence electrons. The summed E-state index contributed by atoms with van der Waals surface area (Å²) in [6, 6.07) is -0.254. The van der Waals surface area contributed by atoms with Crippen LogP contribution in [0.1, 0.15) is 40.0 Å². The fraction of sp³-hybridized carbons (Fsp3) is 0.833. The third-order valence-electron chi connectivity index (χ3n) is 2.10. The highest BCUT2D eigenvalue weighted by Gasteiger charge is 2.19. The predicted octanol–water partition coefficient (Wildman–Crippen LogP) is 1.78. The second kappa shape index (κ2) is 7.92. The summed E-state index contributed by atoms with van der Waals surface area (Å²) in [6.07, 6.45) is 0.388. The fourth-order valence-corrected chi connectivity index (χ4v) is 1.32. The van der Waals surface area contributed by atoms with Gasteiger partial charge in [0, 0.05) is 26.2 Å². The van der Waals surface area contributed by atoms with Crippen molar-refractivity contribution in [2.45, 2.75) is 51.7 Å². The molecule has 0 aliphatic rings. The lowest BCUT2D eigenvalue weighted by Gasteiger charge is -2.23. The van der Waals surface area contributed by atoms with Gasteiger partial charge in [-0.3, -0.25) is 4.79 Å². The Morgan fingerprint density at radius 1 is 1.28 bits per heavy atom. The summed E-state index contributed by atoms with van der Waals surface area (Å²) in [6.45, 7) is 5.77. The molecule has 0 radical (unpaired) electrons. The molecule has 0 aromatic carbocycles. The number of methoxy groups -OCH3 is 1. The average Bonchev–Trinajstić information content (AvgIpc) is 2.19. The number of hydrogen-bond acceptors (Lipinski definition) is 4. The van der Waals surface area contributed by atoms with Crippen molar-refractivity contribution in [1.29, 1.82) is 0 Å². The van der Waals surface area contributed by atoms with Crippen molar-refractivity contribution >= 4 is 12.1 Å². The number of hydrogen-bond donors (Lipinski definition) is 2. The number of nitrogens with one attached hydrogen (secondary N) is 1. The molecule has 0 saturated heterocycles. The molecule has 18 heavy (non-hydrogen) atoms. The lowest BCUT2D eigenvalue weighted by molar-refractivity contribution is -0.137. The summed E-state index contributed by atoms with van der Waals surface area (Å²) < 4.78 is 10.0. The minimum Gasteiger partial charge on any atom is -0.481 e. The predicted molar refractivity (Wildman–Crippen MR) is 66.5 cm³/mol. The standard InChI is InChI=1S/C12H23NO5/c1-12(2,3)18-11(16)13-9(7-8-17-4)5-6-10(14)15/h9H,5-8H2,1-4H3,(H,13,16)(H,14,15). The Bertz CT molecular complexity index is 272. The fourth-order valence-electron chi connectivity index (χ4n) is 1.32. The maximum Gasteiger partial charge on any atom is 0.407 e. The molecule has 0 spiro atoms. The van der Waals surface area contributed by atoms with E-state index in [-0.39, 0.29) is 12.5 Å². The normalized spacial score (nSPS) is 12.9. The average molecular weight is 261 g/mol. The number of carbonyl (C=O) groups excluding carboxylic acids is 1. The van der Waals surface area contributed by atoms with E-state index in [4.69, 9.17) is 14.6 Å². The molecule has 2 N–H and O–H groups in total.